The summed E-state index contributed by atoms with van der Waals surface area (Å²) in [5, 5.41) is 0. The number of ether oxygens (including phenoxy) is 1. The van der Waals surface area contributed by atoms with Crippen molar-refractivity contribution >= 4 is 0 Å². The first kappa shape index (κ1) is 12.6. The molecule has 0 aliphatic heterocycles. The topological polar surface area (TPSA) is 9.23 Å². The second-order valence-corrected chi connectivity index (χ2v) is 3.29. The Morgan fingerprint density at radius 1 is 1.25 bits per heavy atom. The minimum Gasteiger partial charge on any atom is -0.363 e. The first-order valence-corrected chi connectivity index (χ1v) is 4.90. The fourth-order valence-corrected chi connectivity index (χ4v) is 1.33. The van der Waals surface area contributed by atoms with Crippen LogP contribution in [0.15, 0.2) is 55.6 Å². The van der Waals surface area contributed by atoms with E-state index < -0.39 is 12.0 Å². The molecule has 1 unspecified atom stereocenters. The number of benzene rings is 1. The fraction of sp³-hybridized carbons (Fsp3) is 0.231. The summed E-state index contributed by atoms with van der Waals surface area (Å²) in [6, 6.07) is 8.36. The lowest BCUT2D eigenvalue weighted by molar-refractivity contribution is -0.101. The molecular weight excluding hydrogens is 210 g/mol. The lowest BCUT2D eigenvalue weighted by atomic mass is 10.0. The molecule has 0 aliphatic carbocycles. The van der Waals surface area contributed by atoms with Gasteiger partial charge in [0, 0.05) is 0 Å². The molecule has 1 aromatic rings. The number of halogens is 2. The van der Waals surface area contributed by atoms with E-state index in [1.165, 1.54) is 6.08 Å². The lowest BCUT2D eigenvalue weighted by Gasteiger charge is -2.24. The van der Waals surface area contributed by atoms with E-state index in [9.17, 15) is 8.78 Å². The Morgan fingerprint density at radius 3 is 2.38 bits per heavy atom. The Kier molecular flexibility index (Phi) is 4.38. The molecule has 0 heterocycles. The maximum atomic E-state index is 13.5. The van der Waals surface area contributed by atoms with Crippen molar-refractivity contribution in [2.24, 2.45) is 0 Å². The Bertz CT molecular complexity index is 346. The minimum absolute atomic E-state index is 0.0724. The molecule has 0 saturated heterocycles. The van der Waals surface area contributed by atoms with Gasteiger partial charge >= 0.3 is 0 Å². The van der Waals surface area contributed by atoms with Gasteiger partial charge in [0.1, 0.15) is 0 Å². The summed E-state index contributed by atoms with van der Waals surface area (Å²) in [7, 11) is 0. The van der Waals surface area contributed by atoms with Crippen molar-refractivity contribution in [1.29, 1.82) is 0 Å². The molecule has 1 atom stereocenters. The molecule has 0 spiro atoms. The second kappa shape index (κ2) is 5.56. The molecule has 0 bridgehead atoms. The van der Waals surface area contributed by atoms with Gasteiger partial charge in [0.05, 0.1) is 6.61 Å². The van der Waals surface area contributed by atoms with Gasteiger partial charge in [0.2, 0.25) is 0 Å². The molecule has 0 aliphatic rings. The average molecular weight is 224 g/mol. The zero-order valence-electron chi connectivity index (χ0n) is 8.90. The van der Waals surface area contributed by atoms with E-state index in [1.807, 2.05) is 0 Å². The zero-order valence-corrected chi connectivity index (χ0v) is 8.90. The summed E-state index contributed by atoms with van der Waals surface area (Å²) in [6.45, 7) is 6.64. The highest BCUT2D eigenvalue weighted by atomic mass is 19.3. The van der Waals surface area contributed by atoms with Crippen LogP contribution in [0.25, 0.3) is 0 Å². The van der Waals surface area contributed by atoms with Gasteiger partial charge in [-0.3, -0.25) is 0 Å². The molecule has 3 heteroatoms. The molecule has 0 radical (unpaired) electrons. The van der Waals surface area contributed by atoms with Gasteiger partial charge in [0.25, 0.3) is 5.92 Å². The van der Waals surface area contributed by atoms with Crippen LogP contribution < -0.4 is 0 Å². The standard InChI is InChI=1S/C13H14F2O/c1-3-10-16-12(13(14,15)4-2)11-8-6-5-7-9-11/h3-9,12H,1-2,10H2. The highest BCUT2D eigenvalue weighted by molar-refractivity contribution is 5.21. The summed E-state index contributed by atoms with van der Waals surface area (Å²) in [4.78, 5) is 0. The third-order valence-electron chi connectivity index (χ3n) is 2.10. The van der Waals surface area contributed by atoms with E-state index in [0.29, 0.717) is 11.6 Å². The van der Waals surface area contributed by atoms with Gasteiger partial charge in [-0.05, 0) is 11.6 Å². The van der Waals surface area contributed by atoms with Gasteiger partial charge in [-0.25, -0.2) is 0 Å². The molecule has 86 valence electrons. The smallest absolute Gasteiger partial charge is 0.295 e. The molecule has 1 aromatic carbocycles. The van der Waals surface area contributed by atoms with Crippen LogP contribution in [0.1, 0.15) is 11.7 Å². The Labute approximate surface area is 94.1 Å². The Hall–Kier alpha value is -1.48. The molecular formula is C13H14F2O. The Morgan fingerprint density at radius 2 is 1.88 bits per heavy atom. The second-order valence-electron chi connectivity index (χ2n) is 3.29. The largest absolute Gasteiger partial charge is 0.363 e. The molecule has 0 amide bonds. The summed E-state index contributed by atoms with van der Waals surface area (Å²) in [6.07, 6.45) is 0.729. The summed E-state index contributed by atoms with van der Waals surface area (Å²) >= 11 is 0. The van der Waals surface area contributed by atoms with Gasteiger partial charge in [-0.1, -0.05) is 43.0 Å². The highest BCUT2D eigenvalue weighted by Gasteiger charge is 2.38. The van der Waals surface area contributed by atoms with E-state index >= 15 is 0 Å². The summed E-state index contributed by atoms with van der Waals surface area (Å²) in [5.74, 6) is -3.09. The summed E-state index contributed by atoms with van der Waals surface area (Å²) in [5.41, 5.74) is 0.425. The van der Waals surface area contributed by atoms with Crippen molar-refractivity contribution in [3.8, 4) is 0 Å². The number of rotatable bonds is 6. The van der Waals surface area contributed by atoms with Crippen molar-refractivity contribution in [3.63, 3.8) is 0 Å². The predicted octanol–water partition coefficient (Wildman–Crippen LogP) is 3.75. The maximum absolute atomic E-state index is 13.5. The van der Waals surface area contributed by atoms with Crippen LogP contribution in [-0.2, 0) is 4.74 Å². The fourth-order valence-electron chi connectivity index (χ4n) is 1.33. The predicted molar refractivity (Wildman–Crippen MR) is 60.5 cm³/mol. The van der Waals surface area contributed by atoms with Crippen LogP contribution in [-0.4, -0.2) is 12.5 Å². The van der Waals surface area contributed by atoms with Gasteiger partial charge < -0.3 is 4.74 Å². The van der Waals surface area contributed by atoms with Crippen LogP contribution in [0, 0.1) is 0 Å². The SMILES string of the molecule is C=CCOC(c1ccccc1)C(F)(F)C=C. The minimum atomic E-state index is -3.09. The van der Waals surface area contributed by atoms with Crippen molar-refractivity contribution in [2.45, 2.75) is 12.0 Å². The van der Waals surface area contributed by atoms with Gasteiger partial charge in [0.15, 0.2) is 6.10 Å². The van der Waals surface area contributed by atoms with Crippen molar-refractivity contribution < 1.29 is 13.5 Å². The molecule has 0 saturated carbocycles. The first-order chi connectivity index (χ1) is 7.61. The number of hydrogen-bond acceptors (Lipinski definition) is 1. The van der Waals surface area contributed by atoms with Gasteiger partial charge in [-0.15, -0.1) is 6.58 Å². The first-order valence-electron chi connectivity index (χ1n) is 4.90. The van der Waals surface area contributed by atoms with Crippen LogP contribution in [0.3, 0.4) is 0 Å². The maximum Gasteiger partial charge on any atom is 0.295 e. The monoisotopic (exact) mass is 224 g/mol. The molecule has 0 aromatic heterocycles. The molecule has 16 heavy (non-hydrogen) atoms. The van der Waals surface area contributed by atoms with E-state index in [2.05, 4.69) is 13.2 Å². The summed E-state index contributed by atoms with van der Waals surface area (Å²) < 4.78 is 32.2. The highest BCUT2D eigenvalue weighted by Crippen LogP contribution is 2.35. The third-order valence-corrected chi connectivity index (χ3v) is 2.10. The molecule has 1 nitrogen and oxygen atoms in total. The molecule has 1 rings (SSSR count). The van der Waals surface area contributed by atoms with Crippen LogP contribution in [0.4, 0.5) is 8.78 Å². The van der Waals surface area contributed by atoms with Crippen LogP contribution >= 0.6 is 0 Å². The zero-order chi connectivity index (χ0) is 12.0. The van der Waals surface area contributed by atoms with Gasteiger partial charge in [-0.2, -0.15) is 8.78 Å². The van der Waals surface area contributed by atoms with Crippen LogP contribution in [0.2, 0.25) is 0 Å². The third kappa shape index (κ3) is 3.00. The average Bonchev–Trinajstić information content (AvgIpc) is 2.31. The van der Waals surface area contributed by atoms with E-state index in [0.717, 1.165) is 0 Å². The van der Waals surface area contributed by atoms with Crippen LogP contribution in [0.5, 0.6) is 0 Å². The van der Waals surface area contributed by atoms with E-state index in [-0.39, 0.29) is 6.61 Å². The molecule has 0 N–H and O–H groups in total. The number of hydrogen-bond donors (Lipinski definition) is 0. The lowest BCUT2D eigenvalue weighted by Crippen LogP contribution is -2.26. The molecule has 0 fully saturated rings. The van der Waals surface area contributed by atoms with E-state index in [4.69, 9.17) is 4.74 Å². The quantitative estimate of drug-likeness (QED) is 0.668. The Balaban J connectivity index is 2.96. The van der Waals surface area contributed by atoms with E-state index in [1.54, 1.807) is 30.3 Å². The van der Waals surface area contributed by atoms with Crippen molar-refractivity contribution in [2.75, 3.05) is 6.61 Å². The van der Waals surface area contributed by atoms with Crippen molar-refractivity contribution in [1.82, 2.24) is 0 Å². The normalized spacial score (nSPS) is 13.1. The number of alkyl halides is 2. The van der Waals surface area contributed by atoms with Crippen molar-refractivity contribution in [3.05, 3.63) is 61.2 Å².